The van der Waals surface area contributed by atoms with Crippen molar-refractivity contribution in [3.05, 3.63) is 46.5 Å². The summed E-state index contributed by atoms with van der Waals surface area (Å²) in [5.41, 5.74) is 3.67. The number of halogens is 1. The maximum Gasteiger partial charge on any atom is 0.0435 e. The largest absolute Gasteiger partial charge is 0.313 e. The molecule has 0 fully saturated rings. The molecule has 88 valence electrons. The third kappa shape index (κ3) is 3.36. The fourth-order valence-electron chi connectivity index (χ4n) is 1.70. The van der Waals surface area contributed by atoms with Gasteiger partial charge >= 0.3 is 0 Å². The van der Waals surface area contributed by atoms with E-state index in [0.717, 1.165) is 23.4 Å². The standard InChI is InChI=1S/C14H20ClN/c1-5-10(2)8-14(16-4)12-6-7-13(15)11(3)9-12/h6-7,9,14,16H,2,5,8H2,1,3-4H3. The molecule has 2 heteroatoms. The Morgan fingerprint density at radius 1 is 1.50 bits per heavy atom. The number of hydrogen-bond donors (Lipinski definition) is 1. The van der Waals surface area contributed by atoms with Crippen molar-refractivity contribution >= 4 is 11.6 Å². The molecular formula is C14H20ClN. The van der Waals surface area contributed by atoms with E-state index in [-0.39, 0.29) is 0 Å². The van der Waals surface area contributed by atoms with Crippen molar-refractivity contribution in [2.45, 2.75) is 32.7 Å². The summed E-state index contributed by atoms with van der Waals surface area (Å²) in [6, 6.07) is 6.53. The van der Waals surface area contributed by atoms with Gasteiger partial charge in [-0.15, -0.1) is 0 Å². The first-order valence-electron chi connectivity index (χ1n) is 5.68. The molecule has 1 rings (SSSR count). The first kappa shape index (κ1) is 13.3. The Morgan fingerprint density at radius 2 is 2.19 bits per heavy atom. The van der Waals surface area contributed by atoms with E-state index in [1.807, 2.05) is 20.0 Å². The average Bonchev–Trinajstić information content (AvgIpc) is 2.29. The molecule has 0 saturated heterocycles. The van der Waals surface area contributed by atoms with E-state index in [1.165, 1.54) is 11.1 Å². The van der Waals surface area contributed by atoms with E-state index < -0.39 is 0 Å². The van der Waals surface area contributed by atoms with E-state index in [1.54, 1.807) is 0 Å². The highest BCUT2D eigenvalue weighted by Crippen LogP contribution is 2.25. The van der Waals surface area contributed by atoms with Crippen molar-refractivity contribution in [2.75, 3.05) is 7.05 Å². The van der Waals surface area contributed by atoms with Gasteiger partial charge in [0, 0.05) is 11.1 Å². The molecule has 16 heavy (non-hydrogen) atoms. The summed E-state index contributed by atoms with van der Waals surface area (Å²) in [6.45, 7) is 8.24. The molecule has 0 aliphatic rings. The van der Waals surface area contributed by atoms with Gasteiger partial charge in [-0.3, -0.25) is 0 Å². The molecule has 0 aliphatic heterocycles. The molecule has 1 nitrogen and oxygen atoms in total. The van der Waals surface area contributed by atoms with Crippen LogP contribution >= 0.6 is 11.6 Å². The van der Waals surface area contributed by atoms with Crippen LogP contribution in [0.15, 0.2) is 30.4 Å². The van der Waals surface area contributed by atoms with Gasteiger partial charge in [-0.1, -0.05) is 42.8 Å². The molecular weight excluding hydrogens is 218 g/mol. The highest BCUT2D eigenvalue weighted by molar-refractivity contribution is 6.31. The molecule has 1 N–H and O–H groups in total. The van der Waals surface area contributed by atoms with Crippen molar-refractivity contribution < 1.29 is 0 Å². The summed E-state index contributed by atoms with van der Waals surface area (Å²) < 4.78 is 0. The SMILES string of the molecule is C=C(CC)CC(NC)c1ccc(Cl)c(C)c1. The van der Waals surface area contributed by atoms with Crippen LogP contribution in [0, 0.1) is 6.92 Å². The maximum absolute atomic E-state index is 6.02. The number of hydrogen-bond acceptors (Lipinski definition) is 1. The van der Waals surface area contributed by atoms with Crippen LogP contribution < -0.4 is 5.32 Å². The predicted molar refractivity (Wildman–Crippen MR) is 72.0 cm³/mol. The fourth-order valence-corrected chi connectivity index (χ4v) is 1.82. The molecule has 0 saturated carbocycles. The average molecular weight is 238 g/mol. The minimum atomic E-state index is 0.336. The minimum absolute atomic E-state index is 0.336. The van der Waals surface area contributed by atoms with Crippen molar-refractivity contribution in [3.63, 3.8) is 0 Å². The second-order valence-electron chi connectivity index (χ2n) is 4.16. The van der Waals surface area contributed by atoms with Gasteiger partial charge in [0.1, 0.15) is 0 Å². The Kier molecular flexibility index (Phi) is 5.04. The van der Waals surface area contributed by atoms with Gasteiger partial charge in [0.05, 0.1) is 0 Å². The molecule has 1 atom stereocenters. The first-order chi connectivity index (χ1) is 7.58. The van der Waals surface area contributed by atoms with Crippen LogP contribution in [0.4, 0.5) is 0 Å². The molecule has 1 aromatic rings. The smallest absolute Gasteiger partial charge is 0.0435 e. The normalized spacial score (nSPS) is 12.5. The zero-order chi connectivity index (χ0) is 12.1. The van der Waals surface area contributed by atoms with E-state index in [0.29, 0.717) is 6.04 Å². The summed E-state index contributed by atoms with van der Waals surface area (Å²) >= 11 is 6.02. The zero-order valence-corrected chi connectivity index (χ0v) is 11.1. The van der Waals surface area contributed by atoms with Crippen LogP contribution in [0.3, 0.4) is 0 Å². The van der Waals surface area contributed by atoms with Gasteiger partial charge in [-0.05, 0) is 44.0 Å². The highest BCUT2D eigenvalue weighted by atomic mass is 35.5. The highest BCUT2D eigenvalue weighted by Gasteiger charge is 2.10. The number of rotatable bonds is 5. The van der Waals surface area contributed by atoms with E-state index >= 15 is 0 Å². The zero-order valence-electron chi connectivity index (χ0n) is 10.3. The summed E-state index contributed by atoms with van der Waals surface area (Å²) in [4.78, 5) is 0. The number of aryl methyl sites for hydroxylation is 1. The Balaban J connectivity index is 2.86. The Labute approximate surface area is 104 Å². The first-order valence-corrected chi connectivity index (χ1v) is 6.06. The molecule has 0 heterocycles. The van der Waals surface area contributed by atoms with Crippen LogP contribution in [0.25, 0.3) is 0 Å². The van der Waals surface area contributed by atoms with E-state index in [2.05, 4.69) is 31.0 Å². The van der Waals surface area contributed by atoms with Crippen molar-refractivity contribution in [2.24, 2.45) is 0 Å². The van der Waals surface area contributed by atoms with Crippen LogP contribution in [0.5, 0.6) is 0 Å². The Bertz CT molecular complexity index is 371. The van der Waals surface area contributed by atoms with Gasteiger partial charge in [-0.2, -0.15) is 0 Å². The third-order valence-corrected chi connectivity index (χ3v) is 3.35. The van der Waals surface area contributed by atoms with Gasteiger partial charge < -0.3 is 5.32 Å². The van der Waals surface area contributed by atoms with Crippen LogP contribution in [-0.2, 0) is 0 Å². The minimum Gasteiger partial charge on any atom is -0.313 e. The van der Waals surface area contributed by atoms with Crippen LogP contribution in [0.1, 0.15) is 36.9 Å². The number of benzene rings is 1. The summed E-state index contributed by atoms with van der Waals surface area (Å²) in [5.74, 6) is 0. The third-order valence-electron chi connectivity index (χ3n) is 2.93. The topological polar surface area (TPSA) is 12.0 Å². The second kappa shape index (κ2) is 6.07. The molecule has 0 aromatic heterocycles. The van der Waals surface area contributed by atoms with Gasteiger partial charge in [0.25, 0.3) is 0 Å². The number of nitrogens with one attached hydrogen (secondary N) is 1. The lowest BCUT2D eigenvalue weighted by atomic mass is 9.97. The van der Waals surface area contributed by atoms with Crippen molar-refractivity contribution in [1.29, 1.82) is 0 Å². The fraction of sp³-hybridized carbons (Fsp3) is 0.429. The molecule has 0 radical (unpaired) electrons. The molecule has 1 unspecified atom stereocenters. The quantitative estimate of drug-likeness (QED) is 0.755. The van der Waals surface area contributed by atoms with Crippen molar-refractivity contribution in [3.8, 4) is 0 Å². The van der Waals surface area contributed by atoms with Gasteiger partial charge in [-0.25, -0.2) is 0 Å². The second-order valence-corrected chi connectivity index (χ2v) is 4.56. The van der Waals surface area contributed by atoms with E-state index in [4.69, 9.17) is 11.6 Å². The monoisotopic (exact) mass is 237 g/mol. The van der Waals surface area contributed by atoms with Crippen molar-refractivity contribution in [1.82, 2.24) is 5.32 Å². The molecule has 0 amide bonds. The Morgan fingerprint density at radius 3 is 2.69 bits per heavy atom. The molecule has 0 bridgehead atoms. The summed E-state index contributed by atoms with van der Waals surface area (Å²) in [5, 5.41) is 4.15. The lowest BCUT2D eigenvalue weighted by molar-refractivity contribution is 0.582. The van der Waals surface area contributed by atoms with Gasteiger partial charge in [0.2, 0.25) is 0 Å². The lowest BCUT2D eigenvalue weighted by Crippen LogP contribution is -2.16. The summed E-state index contributed by atoms with van der Waals surface area (Å²) in [6.07, 6.45) is 2.01. The van der Waals surface area contributed by atoms with E-state index in [9.17, 15) is 0 Å². The molecule has 0 aliphatic carbocycles. The summed E-state index contributed by atoms with van der Waals surface area (Å²) in [7, 11) is 1.98. The van der Waals surface area contributed by atoms with Crippen LogP contribution in [-0.4, -0.2) is 7.05 Å². The van der Waals surface area contributed by atoms with Crippen LogP contribution in [0.2, 0.25) is 5.02 Å². The predicted octanol–water partition coefficient (Wildman–Crippen LogP) is 4.27. The Hall–Kier alpha value is -0.790. The molecule has 0 spiro atoms. The van der Waals surface area contributed by atoms with Gasteiger partial charge in [0.15, 0.2) is 0 Å². The molecule has 1 aromatic carbocycles. The lowest BCUT2D eigenvalue weighted by Gasteiger charge is -2.18. The maximum atomic E-state index is 6.02.